The Labute approximate surface area is 194 Å². The number of benzene rings is 2. The largest absolute Gasteiger partial charge is 0.448 e. The smallest absolute Gasteiger partial charge is 0.229 e. The molecule has 0 bridgehead atoms. The molecule has 0 aliphatic heterocycles. The zero-order chi connectivity index (χ0) is 22.9. The second kappa shape index (κ2) is 8.35. The lowest BCUT2D eigenvalue weighted by atomic mass is 9.64. The molecule has 0 radical (unpaired) electrons. The number of anilines is 3. The van der Waals surface area contributed by atoms with Crippen LogP contribution in [0, 0.1) is 0 Å². The van der Waals surface area contributed by atoms with Crippen LogP contribution < -0.4 is 10.6 Å². The summed E-state index contributed by atoms with van der Waals surface area (Å²) < 4.78 is 5.68. The van der Waals surface area contributed by atoms with Gasteiger partial charge in [-0.3, -0.25) is 0 Å². The van der Waals surface area contributed by atoms with E-state index in [1.54, 1.807) is 12.5 Å². The molecule has 1 saturated carbocycles. The number of oxazole rings is 1. The van der Waals surface area contributed by atoms with Crippen molar-refractivity contribution in [3.8, 4) is 11.3 Å². The SMILES string of the molecule is CC(C)(C)Nc1cc(-c2ccccc2)nc(Nc2ccc(C3(c4ncco4)CCC3)cc2)n1. The standard InChI is InChI=1S/C27H29N5O/c1-26(2,3)32-23-18-22(19-8-5-4-6-9-19)30-25(31-23)29-21-12-10-20(11-13-21)27(14-7-15-27)24-28-16-17-33-24/h4-6,8-13,16-18H,7,14-15H2,1-3H3,(H2,29,30,31,32). The minimum atomic E-state index is -0.113. The highest BCUT2D eigenvalue weighted by atomic mass is 16.3. The number of nitrogens with zero attached hydrogens (tertiary/aromatic N) is 3. The molecule has 2 aromatic heterocycles. The maximum Gasteiger partial charge on any atom is 0.229 e. The lowest BCUT2D eigenvalue weighted by Gasteiger charge is -2.39. The van der Waals surface area contributed by atoms with Crippen LogP contribution in [0.15, 0.2) is 77.5 Å². The third-order valence-electron chi connectivity index (χ3n) is 6.04. The number of aromatic nitrogens is 3. The van der Waals surface area contributed by atoms with E-state index < -0.39 is 0 Å². The van der Waals surface area contributed by atoms with E-state index >= 15 is 0 Å². The number of rotatable bonds is 6. The van der Waals surface area contributed by atoms with Crippen molar-refractivity contribution in [3.05, 3.63) is 84.6 Å². The third kappa shape index (κ3) is 4.46. The second-order valence-electron chi connectivity index (χ2n) is 9.68. The van der Waals surface area contributed by atoms with Crippen molar-refractivity contribution in [1.82, 2.24) is 15.0 Å². The molecule has 0 spiro atoms. The van der Waals surface area contributed by atoms with Crippen LogP contribution in [-0.2, 0) is 5.41 Å². The number of hydrogen-bond donors (Lipinski definition) is 2. The molecule has 0 saturated heterocycles. The maximum absolute atomic E-state index is 5.68. The molecule has 0 amide bonds. The van der Waals surface area contributed by atoms with Gasteiger partial charge in [0.05, 0.1) is 17.3 Å². The van der Waals surface area contributed by atoms with Crippen LogP contribution in [-0.4, -0.2) is 20.5 Å². The Morgan fingerprint density at radius 1 is 0.939 bits per heavy atom. The summed E-state index contributed by atoms with van der Waals surface area (Å²) in [6.45, 7) is 6.36. The van der Waals surface area contributed by atoms with Crippen LogP contribution in [0.5, 0.6) is 0 Å². The average molecular weight is 440 g/mol. The van der Waals surface area contributed by atoms with Gasteiger partial charge in [0.15, 0.2) is 0 Å². The van der Waals surface area contributed by atoms with Gasteiger partial charge in [-0.15, -0.1) is 0 Å². The van der Waals surface area contributed by atoms with Crippen molar-refractivity contribution >= 4 is 17.5 Å². The molecule has 1 fully saturated rings. The first-order chi connectivity index (χ1) is 15.9. The van der Waals surface area contributed by atoms with Crippen LogP contribution in [0.2, 0.25) is 0 Å². The fourth-order valence-electron chi connectivity index (χ4n) is 4.33. The van der Waals surface area contributed by atoms with Gasteiger partial charge in [0.1, 0.15) is 12.1 Å². The fraction of sp³-hybridized carbons (Fsp3) is 0.296. The normalized spacial score (nSPS) is 15.0. The molecule has 0 atom stereocenters. The minimum absolute atomic E-state index is 0.102. The van der Waals surface area contributed by atoms with E-state index in [0.29, 0.717) is 5.95 Å². The van der Waals surface area contributed by atoms with Gasteiger partial charge in [-0.1, -0.05) is 48.9 Å². The lowest BCUT2D eigenvalue weighted by Crippen LogP contribution is -2.35. The van der Waals surface area contributed by atoms with E-state index in [4.69, 9.17) is 14.4 Å². The first kappa shape index (κ1) is 21.2. The molecule has 2 N–H and O–H groups in total. The molecule has 6 heteroatoms. The zero-order valence-corrected chi connectivity index (χ0v) is 19.3. The molecule has 2 aromatic carbocycles. The van der Waals surface area contributed by atoms with E-state index in [-0.39, 0.29) is 11.0 Å². The van der Waals surface area contributed by atoms with Crippen LogP contribution in [0.4, 0.5) is 17.5 Å². The van der Waals surface area contributed by atoms with E-state index in [9.17, 15) is 0 Å². The van der Waals surface area contributed by atoms with Crippen molar-refractivity contribution < 1.29 is 4.42 Å². The van der Waals surface area contributed by atoms with Crippen molar-refractivity contribution in [2.45, 2.75) is 51.0 Å². The van der Waals surface area contributed by atoms with Crippen LogP contribution >= 0.6 is 0 Å². The van der Waals surface area contributed by atoms with Crippen LogP contribution in [0.1, 0.15) is 51.5 Å². The molecule has 6 nitrogen and oxygen atoms in total. The Balaban J connectivity index is 1.43. The van der Waals surface area contributed by atoms with Gasteiger partial charge < -0.3 is 15.1 Å². The van der Waals surface area contributed by atoms with Gasteiger partial charge in [-0.05, 0) is 51.3 Å². The molecular weight excluding hydrogens is 410 g/mol. The van der Waals surface area contributed by atoms with Crippen molar-refractivity contribution in [2.75, 3.05) is 10.6 Å². The number of nitrogens with one attached hydrogen (secondary N) is 2. The highest BCUT2D eigenvalue weighted by Crippen LogP contribution is 2.48. The Kier molecular flexibility index (Phi) is 5.36. The Morgan fingerprint density at radius 2 is 1.70 bits per heavy atom. The van der Waals surface area contributed by atoms with E-state index in [1.807, 2.05) is 24.3 Å². The zero-order valence-electron chi connectivity index (χ0n) is 19.3. The van der Waals surface area contributed by atoms with Gasteiger partial charge in [-0.25, -0.2) is 9.97 Å². The Morgan fingerprint density at radius 3 is 2.30 bits per heavy atom. The van der Waals surface area contributed by atoms with Gasteiger partial charge >= 0.3 is 0 Å². The molecule has 5 rings (SSSR count). The lowest BCUT2D eigenvalue weighted by molar-refractivity contribution is 0.239. The summed E-state index contributed by atoms with van der Waals surface area (Å²) in [6, 6.07) is 20.6. The predicted molar refractivity (Wildman–Crippen MR) is 132 cm³/mol. The highest BCUT2D eigenvalue weighted by Gasteiger charge is 2.44. The predicted octanol–water partition coefficient (Wildman–Crippen LogP) is 6.56. The summed E-state index contributed by atoms with van der Waals surface area (Å²) in [5, 5.41) is 6.86. The Hall–Kier alpha value is -3.67. The first-order valence-corrected chi connectivity index (χ1v) is 11.4. The molecule has 2 heterocycles. The molecule has 4 aromatic rings. The quantitative estimate of drug-likeness (QED) is 0.354. The van der Waals surface area contributed by atoms with Gasteiger partial charge in [-0.2, -0.15) is 4.98 Å². The van der Waals surface area contributed by atoms with E-state index in [0.717, 1.165) is 41.5 Å². The topological polar surface area (TPSA) is 75.9 Å². The summed E-state index contributed by atoms with van der Waals surface area (Å²) in [5.74, 6) is 2.15. The Bertz CT molecular complexity index is 1210. The van der Waals surface area contributed by atoms with Crippen LogP contribution in [0.3, 0.4) is 0 Å². The molecule has 168 valence electrons. The molecule has 0 unspecified atom stereocenters. The fourth-order valence-corrected chi connectivity index (χ4v) is 4.33. The summed E-state index contributed by atoms with van der Waals surface area (Å²) in [7, 11) is 0. The van der Waals surface area contributed by atoms with Crippen molar-refractivity contribution in [2.24, 2.45) is 0 Å². The second-order valence-corrected chi connectivity index (χ2v) is 9.68. The van der Waals surface area contributed by atoms with Crippen LogP contribution in [0.25, 0.3) is 11.3 Å². The molecule has 33 heavy (non-hydrogen) atoms. The molecular formula is C27H29N5O. The van der Waals surface area contributed by atoms with Gasteiger partial charge in [0, 0.05) is 22.9 Å². The summed E-state index contributed by atoms with van der Waals surface area (Å²) in [4.78, 5) is 13.9. The van der Waals surface area contributed by atoms with E-state index in [1.165, 1.54) is 12.0 Å². The minimum Gasteiger partial charge on any atom is -0.448 e. The monoisotopic (exact) mass is 439 g/mol. The summed E-state index contributed by atoms with van der Waals surface area (Å²) >= 11 is 0. The third-order valence-corrected chi connectivity index (χ3v) is 6.04. The van der Waals surface area contributed by atoms with Gasteiger partial charge in [0.25, 0.3) is 0 Å². The van der Waals surface area contributed by atoms with Crippen molar-refractivity contribution in [3.63, 3.8) is 0 Å². The number of hydrogen-bond acceptors (Lipinski definition) is 6. The maximum atomic E-state index is 5.68. The van der Waals surface area contributed by atoms with Crippen molar-refractivity contribution in [1.29, 1.82) is 0 Å². The summed E-state index contributed by atoms with van der Waals surface area (Å²) in [6.07, 6.45) is 6.69. The van der Waals surface area contributed by atoms with Gasteiger partial charge in [0.2, 0.25) is 11.8 Å². The first-order valence-electron chi connectivity index (χ1n) is 11.4. The summed E-state index contributed by atoms with van der Waals surface area (Å²) in [5.41, 5.74) is 3.87. The van der Waals surface area contributed by atoms with E-state index in [2.05, 4.69) is 72.8 Å². The molecule has 1 aliphatic carbocycles. The average Bonchev–Trinajstić information content (AvgIpc) is 3.28. The highest BCUT2D eigenvalue weighted by molar-refractivity contribution is 5.66. The molecule has 1 aliphatic rings.